The molecule has 0 aliphatic carbocycles. The summed E-state index contributed by atoms with van der Waals surface area (Å²) in [5.41, 5.74) is 0.717. The lowest BCUT2D eigenvalue weighted by Gasteiger charge is -2.32. The molecule has 0 saturated carbocycles. The van der Waals surface area contributed by atoms with Gasteiger partial charge in [-0.05, 0) is 37.5 Å². The molecule has 1 amide bonds. The van der Waals surface area contributed by atoms with Crippen molar-refractivity contribution in [1.82, 2.24) is 19.7 Å². The van der Waals surface area contributed by atoms with Crippen LogP contribution in [0.5, 0.6) is 0 Å². The van der Waals surface area contributed by atoms with Crippen LogP contribution in [-0.2, 0) is 17.8 Å². The van der Waals surface area contributed by atoms with Crippen molar-refractivity contribution in [2.45, 2.75) is 38.6 Å². The van der Waals surface area contributed by atoms with E-state index in [1.165, 1.54) is 12.1 Å². The minimum atomic E-state index is -0.303. The van der Waals surface area contributed by atoms with Crippen LogP contribution in [0.2, 0.25) is 0 Å². The van der Waals surface area contributed by atoms with Crippen molar-refractivity contribution in [3.63, 3.8) is 0 Å². The first-order chi connectivity index (χ1) is 11.2. The maximum absolute atomic E-state index is 13.2. The van der Waals surface area contributed by atoms with Gasteiger partial charge in [0, 0.05) is 25.6 Å². The highest BCUT2D eigenvalue weighted by Crippen LogP contribution is 2.26. The summed E-state index contributed by atoms with van der Waals surface area (Å²) in [4.78, 5) is 14.4. The summed E-state index contributed by atoms with van der Waals surface area (Å²) in [5.74, 6) is 0.921. The SMILES string of the molecule is CCn1cnnc1[C@@H]1CCCN(C(=O)Cc2cccc(F)c2)C1. The number of nitrogens with zero attached hydrogens (tertiary/aromatic N) is 4. The molecule has 0 spiro atoms. The second kappa shape index (κ2) is 6.89. The van der Waals surface area contributed by atoms with E-state index in [0.717, 1.165) is 31.8 Å². The summed E-state index contributed by atoms with van der Waals surface area (Å²) >= 11 is 0. The normalized spacial score (nSPS) is 18.2. The summed E-state index contributed by atoms with van der Waals surface area (Å²) in [6.45, 7) is 4.30. The van der Waals surface area contributed by atoms with Gasteiger partial charge in [0.05, 0.1) is 6.42 Å². The Kier molecular flexibility index (Phi) is 4.69. The molecule has 0 bridgehead atoms. The summed E-state index contributed by atoms with van der Waals surface area (Å²) in [6, 6.07) is 6.24. The van der Waals surface area contributed by atoms with Gasteiger partial charge in [0.1, 0.15) is 18.0 Å². The molecular weight excluding hydrogens is 295 g/mol. The number of likely N-dealkylation sites (tertiary alicyclic amines) is 1. The number of piperidine rings is 1. The van der Waals surface area contributed by atoms with E-state index in [1.54, 1.807) is 18.5 Å². The third-order valence-corrected chi connectivity index (χ3v) is 4.37. The molecule has 0 unspecified atom stereocenters. The zero-order chi connectivity index (χ0) is 16.2. The second-order valence-electron chi connectivity index (χ2n) is 5.96. The van der Waals surface area contributed by atoms with Crippen molar-refractivity contribution in [2.24, 2.45) is 0 Å². The van der Waals surface area contributed by atoms with E-state index in [2.05, 4.69) is 17.1 Å². The lowest BCUT2D eigenvalue weighted by atomic mass is 9.96. The monoisotopic (exact) mass is 316 g/mol. The zero-order valence-electron chi connectivity index (χ0n) is 13.3. The molecule has 23 heavy (non-hydrogen) atoms. The van der Waals surface area contributed by atoms with Crippen LogP contribution in [0, 0.1) is 5.82 Å². The zero-order valence-corrected chi connectivity index (χ0v) is 13.3. The van der Waals surface area contributed by atoms with Crippen LogP contribution in [0.4, 0.5) is 4.39 Å². The van der Waals surface area contributed by atoms with Gasteiger partial charge in [-0.15, -0.1) is 10.2 Å². The largest absolute Gasteiger partial charge is 0.342 e. The molecule has 1 aromatic carbocycles. The van der Waals surface area contributed by atoms with E-state index in [9.17, 15) is 9.18 Å². The number of amides is 1. The van der Waals surface area contributed by atoms with Gasteiger partial charge in [0.2, 0.25) is 5.91 Å². The predicted molar refractivity (Wildman–Crippen MR) is 84.4 cm³/mol. The quantitative estimate of drug-likeness (QED) is 0.870. The topological polar surface area (TPSA) is 51.0 Å². The van der Waals surface area contributed by atoms with Gasteiger partial charge >= 0.3 is 0 Å². The number of halogens is 1. The van der Waals surface area contributed by atoms with E-state index < -0.39 is 0 Å². The Balaban J connectivity index is 1.67. The summed E-state index contributed by atoms with van der Waals surface area (Å²) in [6.07, 6.45) is 3.95. The lowest BCUT2D eigenvalue weighted by molar-refractivity contribution is -0.131. The molecule has 122 valence electrons. The van der Waals surface area contributed by atoms with Crippen molar-refractivity contribution in [1.29, 1.82) is 0 Å². The van der Waals surface area contributed by atoms with Gasteiger partial charge in [-0.1, -0.05) is 12.1 Å². The number of benzene rings is 1. The fourth-order valence-electron chi connectivity index (χ4n) is 3.17. The molecule has 1 atom stereocenters. The van der Waals surface area contributed by atoms with Crippen molar-refractivity contribution in [2.75, 3.05) is 13.1 Å². The number of carbonyl (C=O) groups excluding carboxylic acids is 1. The van der Waals surface area contributed by atoms with E-state index in [0.29, 0.717) is 12.1 Å². The molecular formula is C17H21FN4O. The second-order valence-corrected chi connectivity index (χ2v) is 5.96. The van der Waals surface area contributed by atoms with Crippen LogP contribution >= 0.6 is 0 Å². The summed E-state index contributed by atoms with van der Waals surface area (Å²) in [7, 11) is 0. The van der Waals surface area contributed by atoms with Gasteiger partial charge < -0.3 is 9.47 Å². The van der Waals surface area contributed by atoms with E-state index in [4.69, 9.17) is 0 Å². The maximum Gasteiger partial charge on any atom is 0.227 e. The number of rotatable bonds is 4. The van der Waals surface area contributed by atoms with Crippen molar-refractivity contribution < 1.29 is 9.18 Å². The minimum absolute atomic E-state index is 0.0443. The van der Waals surface area contributed by atoms with E-state index in [1.807, 2.05) is 9.47 Å². The van der Waals surface area contributed by atoms with Gasteiger partial charge in [-0.25, -0.2) is 4.39 Å². The van der Waals surface area contributed by atoms with Crippen LogP contribution in [0.3, 0.4) is 0 Å². The van der Waals surface area contributed by atoms with Crippen molar-refractivity contribution in [3.8, 4) is 0 Å². The molecule has 0 N–H and O–H groups in total. The first-order valence-corrected chi connectivity index (χ1v) is 8.07. The Morgan fingerprint density at radius 3 is 3.09 bits per heavy atom. The number of hydrogen-bond donors (Lipinski definition) is 0. The Morgan fingerprint density at radius 1 is 1.43 bits per heavy atom. The summed E-state index contributed by atoms with van der Waals surface area (Å²) < 4.78 is 15.3. The van der Waals surface area contributed by atoms with Crippen molar-refractivity contribution in [3.05, 3.63) is 47.8 Å². The predicted octanol–water partition coefficient (Wildman–Crippen LogP) is 2.39. The fraction of sp³-hybridized carbons (Fsp3) is 0.471. The van der Waals surface area contributed by atoms with E-state index in [-0.39, 0.29) is 24.1 Å². The number of hydrogen-bond acceptors (Lipinski definition) is 3. The van der Waals surface area contributed by atoms with Crippen LogP contribution in [0.1, 0.15) is 37.1 Å². The third kappa shape index (κ3) is 3.57. The third-order valence-electron chi connectivity index (χ3n) is 4.37. The Labute approximate surface area is 135 Å². The molecule has 3 rings (SSSR count). The Hall–Kier alpha value is -2.24. The minimum Gasteiger partial charge on any atom is -0.342 e. The molecule has 1 aromatic heterocycles. The molecule has 5 nitrogen and oxygen atoms in total. The Bertz CT molecular complexity index is 685. The molecule has 6 heteroatoms. The molecule has 2 aromatic rings. The van der Waals surface area contributed by atoms with Gasteiger partial charge in [-0.3, -0.25) is 4.79 Å². The van der Waals surface area contributed by atoms with Gasteiger partial charge in [0.25, 0.3) is 0 Å². The highest BCUT2D eigenvalue weighted by Gasteiger charge is 2.27. The van der Waals surface area contributed by atoms with Crippen LogP contribution in [0.25, 0.3) is 0 Å². The highest BCUT2D eigenvalue weighted by atomic mass is 19.1. The molecule has 2 heterocycles. The fourth-order valence-corrected chi connectivity index (χ4v) is 3.17. The highest BCUT2D eigenvalue weighted by molar-refractivity contribution is 5.79. The smallest absolute Gasteiger partial charge is 0.227 e. The number of aryl methyl sites for hydroxylation is 1. The molecule has 1 aliphatic heterocycles. The number of carbonyl (C=O) groups is 1. The van der Waals surface area contributed by atoms with E-state index >= 15 is 0 Å². The first-order valence-electron chi connectivity index (χ1n) is 8.07. The van der Waals surface area contributed by atoms with Crippen LogP contribution in [0.15, 0.2) is 30.6 Å². The van der Waals surface area contributed by atoms with Crippen LogP contribution < -0.4 is 0 Å². The Morgan fingerprint density at radius 2 is 2.30 bits per heavy atom. The molecule has 1 fully saturated rings. The van der Waals surface area contributed by atoms with Crippen molar-refractivity contribution >= 4 is 5.91 Å². The molecule has 0 radical (unpaired) electrons. The lowest BCUT2D eigenvalue weighted by Crippen LogP contribution is -2.40. The maximum atomic E-state index is 13.2. The molecule has 1 aliphatic rings. The number of aromatic nitrogens is 3. The first kappa shape index (κ1) is 15.6. The van der Waals surface area contributed by atoms with Gasteiger partial charge in [-0.2, -0.15) is 0 Å². The average molecular weight is 316 g/mol. The average Bonchev–Trinajstić information content (AvgIpc) is 3.03. The summed E-state index contributed by atoms with van der Waals surface area (Å²) in [5, 5.41) is 8.21. The van der Waals surface area contributed by atoms with Gasteiger partial charge in [0.15, 0.2) is 0 Å². The standard InChI is InChI=1S/C17H21FN4O/c1-2-21-12-19-20-17(21)14-6-4-8-22(11-14)16(23)10-13-5-3-7-15(18)9-13/h3,5,7,9,12,14H,2,4,6,8,10-11H2,1H3/t14-/m1/s1. The van der Waals surface area contributed by atoms with Crippen LogP contribution in [-0.4, -0.2) is 38.7 Å². The molecule has 1 saturated heterocycles.